The molecule has 10 heavy (non-hydrogen) atoms. The molecule has 1 rings (SSSR count). The summed E-state index contributed by atoms with van der Waals surface area (Å²) >= 11 is 0. The molecule has 1 aliphatic heterocycles. The SMILES string of the molecule is CC(C)C#CN1CC(N)C1. The van der Waals surface area contributed by atoms with Crippen LogP contribution in [0.15, 0.2) is 0 Å². The highest BCUT2D eigenvalue weighted by molar-refractivity contribution is 5.05. The summed E-state index contributed by atoms with van der Waals surface area (Å²) in [5.74, 6) is 3.56. The van der Waals surface area contributed by atoms with Crippen molar-refractivity contribution in [3.63, 3.8) is 0 Å². The van der Waals surface area contributed by atoms with Crippen LogP contribution in [0.1, 0.15) is 13.8 Å². The molecular formula is C8H14N2. The summed E-state index contributed by atoms with van der Waals surface area (Å²) in [4.78, 5) is 2.06. The van der Waals surface area contributed by atoms with E-state index in [1.165, 1.54) is 0 Å². The van der Waals surface area contributed by atoms with Gasteiger partial charge in [0.25, 0.3) is 0 Å². The van der Waals surface area contributed by atoms with E-state index in [9.17, 15) is 0 Å². The van der Waals surface area contributed by atoms with Crippen molar-refractivity contribution in [1.29, 1.82) is 0 Å². The van der Waals surface area contributed by atoms with Crippen molar-refractivity contribution >= 4 is 0 Å². The van der Waals surface area contributed by atoms with E-state index in [0.29, 0.717) is 12.0 Å². The van der Waals surface area contributed by atoms with Gasteiger partial charge in [-0.05, 0) is 0 Å². The largest absolute Gasteiger partial charge is 0.329 e. The van der Waals surface area contributed by atoms with Gasteiger partial charge in [-0.2, -0.15) is 0 Å². The Balaban J connectivity index is 2.23. The second kappa shape index (κ2) is 2.94. The zero-order valence-corrected chi connectivity index (χ0v) is 6.59. The zero-order chi connectivity index (χ0) is 7.56. The molecule has 0 bridgehead atoms. The Kier molecular flexibility index (Phi) is 2.18. The number of rotatable bonds is 0. The second-order valence-electron chi connectivity index (χ2n) is 3.08. The molecule has 1 aliphatic rings. The van der Waals surface area contributed by atoms with E-state index in [-0.39, 0.29) is 0 Å². The highest BCUT2D eigenvalue weighted by Gasteiger charge is 2.19. The van der Waals surface area contributed by atoms with Gasteiger partial charge in [0.1, 0.15) is 0 Å². The van der Waals surface area contributed by atoms with Gasteiger partial charge in [0.05, 0.1) is 0 Å². The van der Waals surface area contributed by atoms with Crippen molar-refractivity contribution in [3.8, 4) is 12.0 Å². The van der Waals surface area contributed by atoms with Crippen LogP contribution in [0.25, 0.3) is 0 Å². The van der Waals surface area contributed by atoms with Gasteiger partial charge in [-0.3, -0.25) is 0 Å². The molecule has 0 aliphatic carbocycles. The maximum absolute atomic E-state index is 5.57. The molecule has 56 valence electrons. The molecule has 2 heteroatoms. The first-order valence-electron chi connectivity index (χ1n) is 3.70. The third kappa shape index (κ3) is 1.93. The van der Waals surface area contributed by atoms with E-state index < -0.39 is 0 Å². The minimum Gasteiger partial charge on any atom is -0.329 e. The van der Waals surface area contributed by atoms with Gasteiger partial charge >= 0.3 is 0 Å². The molecule has 1 saturated heterocycles. The molecule has 2 nitrogen and oxygen atoms in total. The van der Waals surface area contributed by atoms with Crippen LogP contribution < -0.4 is 5.73 Å². The fourth-order valence-corrected chi connectivity index (χ4v) is 0.824. The maximum Gasteiger partial charge on any atom is 0.0430 e. The molecule has 0 aromatic carbocycles. The van der Waals surface area contributed by atoms with Crippen molar-refractivity contribution in [1.82, 2.24) is 4.90 Å². The monoisotopic (exact) mass is 138 g/mol. The lowest BCUT2D eigenvalue weighted by Crippen LogP contribution is -2.53. The normalized spacial score (nSPS) is 18.2. The Morgan fingerprint density at radius 2 is 2.10 bits per heavy atom. The summed E-state index contributed by atoms with van der Waals surface area (Å²) in [6.07, 6.45) is 0. The minimum atomic E-state index is 0.362. The van der Waals surface area contributed by atoms with Crippen LogP contribution in [0.4, 0.5) is 0 Å². The Labute approximate surface area is 62.4 Å². The van der Waals surface area contributed by atoms with Crippen molar-refractivity contribution in [2.45, 2.75) is 19.9 Å². The van der Waals surface area contributed by atoms with Crippen LogP contribution >= 0.6 is 0 Å². The fourth-order valence-electron chi connectivity index (χ4n) is 0.824. The predicted molar refractivity (Wildman–Crippen MR) is 42.2 cm³/mol. The zero-order valence-electron chi connectivity index (χ0n) is 6.59. The predicted octanol–water partition coefficient (Wildman–Crippen LogP) is 0.246. The molecular weight excluding hydrogens is 124 g/mol. The second-order valence-corrected chi connectivity index (χ2v) is 3.08. The van der Waals surface area contributed by atoms with Crippen molar-refractivity contribution in [3.05, 3.63) is 0 Å². The first-order chi connectivity index (χ1) is 4.68. The Bertz CT molecular complexity index is 158. The number of nitrogens with zero attached hydrogens (tertiary/aromatic N) is 1. The summed E-state index contributed by atoms with van der Waals surface area (Å²) in [6, 6.07) is 3.41. The molecule has 1 heterocycles. The summed E-state index contributed by atoms with van der Waals surface area (Å²) in [5, 5.41) is 0. The summed E-state index contributed by atoms with van der Waals surface area (Å²) in [6.45, 7) is 6.07. The Morgan fingerprint density at radius 3 is 2.50 bits per heavy atom. The van der Waals surface area contributed by atoms with Gasteiger partial charge in [0.2, 0.25) is 0 Å². The van der Waals surface area contributed by atoms with Gasteiger partial charge in [0, 0.05) is 31.1 Å². The first kappa shape index (κ1) is 7.43. The molecule has 0 amide bonds. The Hall–Kier alpha value is -0.680. The van der Waals surface area contributed by atoms with Crippen LogP contribution in [0.2, 0.25) is 0 Å². The van der Waals surface area contributed by atoms with Crippen LogP contribution in [0.5, 0.6) is 0 Å². The van der Waals surface area contributed by atoms with E-state index in [1.807, 2.05) is 0 Å². The minimum absolute atomic E-state index is 0.362. The maximum atomic E-state index is 5.57. The number of nitrogens with two attached hydrogens (primary N) is 1. The van der Waals surface area contributed by atoms with Crippen LogP contribution in [-0.4, -0.2) is 24.0 Å². The van der Waals surface area contributed by atoms with Gasteiger partial charge < -0.3 is 10.6 Å². The molecule has 0 radical (unpaired) electrons. The fraction of sp³-hybridized carbons (Fsp3) is 0.750. The van der Waals surface area contributed by atoms with Crippen molar-refractivity contribution in [2.75, 3.05) is 13.1 Å². The number of hydrogen-bond donors (Lipinski definition) is 1. The van der Waals surface area contributed by atoms with E-state index >= 15 is 0 Å². The third-order valence-corrected chi connectivity index (χ3v) is 1.42. The Morgan fingerprint density at radius 1 is 1.50 bits per heavy atom. The van der Waals surface area contributed by atoms with E-state index in [4.69, 9.17) is 5.73 Å². The average molecular weight is 138 g/mol. The lowest BCUT2D eigenvalue weighted by molar-refractivity contribution is 0.238. The molecule has 0 aromatic rings. The molecule has 0 aromatic heterocycles. The third-order valence-electron chi connectivity index (χ3n) is 1.42. The molecule has 0 unspecified atom stereocenters. The lowest BCUT2D eigenvalue weighted by atomic mass is 10.1. The van der Waals surface area contributed by atoms with Gasteiger partial charge in [0.15, 0.2) is 0 Å². The van der Waals surface area contributed by atoms with E-state index in [1.54, 1.807) is 0 Å². The van der Waals surface area contributed by atoms with Crippen LogP contribution in [0, 0.1) is 17.9 Å². The van der Waals surface area contributed by atoms with Gasteiger partial charge in [-0.1, -0.05) is 19.8 Å². The molecule has 0 atom stereocenters. The average Bonchev–Trinajstić information content (AvgIpc) is 1.77. The molecule has 1 fully saturated rings. The quantitative estimate of drug-likeness (QED) is 0.486. The summed E-state index contributed by atoms with van der Waals surface area (Å²) in [5.41, 5.74) is 5.57. The highest BCUT2D eigenvalue weighted by atomic mass is 15.2. The van der Waals surface area contributed by atoms with Gasteiger partial charge in [-0.25, -0.2) is 0 Å². The lowest BCUT2D eigenvalue weighted by Gasteiger charge is -2.33. The van der Waals surface area contributed by atoms with E-state index in [2.05, 4.69) is 30.7 Å². The molecule has 0 saturated carbocycles. The highest BCUT2D eigenvalue weighted by Crippen LogP contribution is 2.02. The van der Waals surface area contributed by atoms with Gasteiger partial charge in [-0.15, -0.1) is 0 Å². The molecule has 2 N–H and O–H groups in total. The van der Waals surface area contributed by atoms with Crippen molar-refractivity contribution in [2.24, 2.45) is 11.7 Å². The van der Waals surface area contributed by atoms with Crippen LogP contribution in [-0.2, 0) is 0 Å². The standard InChI is InChI=1S/C8H14N2/c1-7(2)3-4-10-5-8(9)6-10/h7-8H,5-6,9H2,1-2H3. The van der Waals surface area contributed by atoms with Crippen LogP contribution in [0.3, 0.4) is 0 Å². The van der Waals surface area contributed by atoms with E-state index in [0.717, 1.165) is 13.1 Å². The summed E-state index contributed by atoms with van der Waals surface area (Å²) in [7, 11) is 0. The first-order valence-corrected chi connectivity index (χ1v) is 3.70. The number of likely N-dealkylation sites (tertiary alicyclic amines) is 1. The van der Waals surface area contributed by atoms with Crippen molar-refractivity contribution < 1.29 is 0 Å². The topological polar surface area (TPSA) is 29.3 Å². The summed E-state index contributed by atoms with van der Waals surface area (Å²) < 4.78 is 0. The number of hydrogen-bond acceptors (Lipinski definition) is 2. The smallest absolute Gasteiger partial charge is 0.0430 e. The molecule has 0 spiro atoms.